The molecule has 1 saturated carbocycles. The molecule has 134 valence electrons. The Hall–Kier alpha value is -2.18. The summed E-state index contributed by atoms with van der Waals surface area (Å²) in [5.41, 5.74) is 2.15. The van der Waals surface area contributed by atoms with Crippen LogP contribution in [-0.2, 0) is 11.2 Å². The van der Waals surface area contributed by atoms with Crippen molar-refractivity contribution in [1.82, 2.24) is 25.2 Å². The first-order valence-electron chi connectivity index (χ1n) is 9.31. The third-order valence-corrected chi connectivity index (χ3v) is 5.13. The summed E-state index contributed by atoms with van der Waals surface area (Å²) in [5.74, 6) is 2.58. The van der Waals surface area contributed by atoms with Gasteiger partial charge in [-0.05, 0) is 45.1 Å². The van der Waals surface area contributed by atoms with Gasteiger partial charge in [-0.2, -0.15) is 10.1 Å². The van der Waals surface area contributed by atoms with Crippen LogP contribution in [0.25, 0.3) is 0 Å². The minimum Gasteiger partial charge on any atom is -0.342 e. The summed E-state index contributed by atoms with van der Waals surface area (Å²) in [6, 6.07) is 2.09. The van der Waals surface area contributed by atoms with Gasteiger partial charge in [-0.25, -0.2) is 0 Å². The quantitative estimate of drug-likeness (QED) is 0.871. The maximum Gasteiger partial charge on any atom is 0.226 e. The summed E-state index contributed by atoms with van der Waals surface area (Å²) in [6.07, 6.45) is 6.45. The zero-order valence-electron chi connectivity index (χ0n) is 14.7. The van der Waals surface area contributed by atoms with E-state index in [1.165, 1.54) is 12.8 Å². The van der Waals surface area contributed by atoms with Crippen molar-refractivity contribution in [2.24, 2.45) is 0 Å². The van der Waals surface area contributed by atoms with E-state index < -0.39 is 0 Å². The number of carbonyl (C=O) groups excluding carboxylic acids is 1. The number of H-pyrrole nitrogens is 1. The normalized spacial score (nSPS) is 20.8. The van der Waals surface area contributed by atoms with Crippen molar-refractivity contribution in [3.63, 3.8) is 0 Å². The number of hydrogen-bond donors (Lipinski definition) is 1. The Morgan fingerprint density at radius 2 is 2.24 bits per heavy atom. The molecule has 25 heavy (non-hydrogen) atoms. The molecule has 0 unspecified atom stereocenters. The molecule has 3 heterocycles. The molecule has 2 aromatic rings. The Balaban J connectivity index is 1.25. The first kappa shape index (κ1) is 16.3. The molecule has 1 aliphatic carbocycles. The van der Waals surface area contributed by atoms with Crippen LogP contribution in [0.2, 0.25) is 0 Å². The lowest BCUT2D eigenvalue weighted by atomic mass is 9.94. The Morgan fingerprint density at radius 3 is 3.00 bits per heavy atom. The van der Waals surface area contributed by atoms with Crippen molar-refractivity contribution >= 4 is 5.91 Å². The highest BCUT2D eigenvalue weighted by Crippen LogP contribution is 2.38. The molecule has 2 aliphatic rings. The van der Waals surface area contributed by atoms with Gasteiger partial charge in [0.1, 0.15) is 0 Å². The lowest BCUT2D eigenvalue weighted by molar-refractivity contribution is -0.132. The Morgan fingerprint density at radius 1 is 1.36 bits per heavy atom. The molecule has 1 saturated heterocycles. The van der Waals surface area contributed by atoms with Crippen LogP contribution >= 0.6 is 0 Å². The number of piperidine rings is 1. The number of aryl methyl sites for hydroxylation is 2. The second-order valence-electron chi connectivity index (χ2n) is 7.33. The summed E-state index contributed by atoms with van der Waals surface area (Å²) in [6.45, 7) is 3.63. The Bertz CT molecular complexity index is 733. The largest absolute Gasteiger partial charge is 0.342 e. The average molecular weight is 343 g/mol. The van der Waals surface area contributed by atoms with Gasteiger partial charge < -0.3 is 9.42 Å². The molecule has 0 spiro atoms. The zero-order valence-corrected chi connectivity index (χ0v) is 14.7. The number of nitrogens with one attached hydrogen (secondary N) is 1. The van der Waals surface area contributed by atoms with E-state index in [4.69, 9.17) is 4.52 Å². The topological polar surface area (TPSA) is 87.9 Å². The Labute approximate surface area is 147 Å². The highest BCUT2D eigenvalue weighted by atomic mass is 16.5. The first-order chi connectivity index (χ1) is 12.2. The SMILES string of the molecule is Cc1cc([C@@H]2CCCN(C(=O)CCCc3nc(C4CC4)no3)C2)n[nH]1. The van der Waals surface area contributed by atoms with Gasteiger partial charge >= 0.3 is 0 Å². The Kier molecular flexibility index (Phi) is 4.55. The molecule has 7 heteroatoms. The van der Waals surface area contributed by atoms with Crippen molar-refractivity contribution < 1.29 is 9.32 Å². The van der Waals surface area contributed by atoms with Crippen LogP contribution in [0.5, 0.6) is 0 Å². The molecule has 1 aliphatic heterocycles. The van der Waals surface area contributed by atoms with Gasteiger partial charge in [0.25, 0.3) is 0 Å². The van der Waals surface area contributed by atoms with E-state index in [0.717, 1.165) is 49.6 Å². The fraction of sp³-hybridized carbons (Fsp3) is 0.667. The summed E-state index contributed by atoms with van der Waals surface area (Å²) in [5, 5.41) is 11.4. The van der Waals surface area contributed by atoms with Gasteiger partial charge in [0, 0.05) is 43.5 Å². The zero-order chi connectivity index (χ0) is 17.2. The molecule has 0 bridgehead atoms. The fourth-order valence-corrected chi connectivity index (χ4v) is 3.52. The highest BCUT2D eigenvalue weighted by Gasteiger charge is 2.29. The molecule has 2 aromatic heterocycles. The summed E-state index contributed by atoms with van der Waals surface area (Å²) in [4.78, 5) is 18.9. The standard InChI is InChI=1S/C18H25N5O2/c1-12-10-15(21-20-12)14-4-3-9-23(11-14)17(24)6-2-5-16-19-18(22-25-16)13-7-8-13/h10,13-14H,2-9,11H2,1H3,(H,20,21)/t14-/m1/s1. The third kappa shape index (κ3) is 3.91. The van der Waals surface area contributed by atoms with E-state index in [9.17, 15) is 4.79 Å². The van der Waals surface area contributed by atoms with E-state index >= 15 is 0 Å². The molecule has 1 amide bonds. The van der Waals surface area contributed by atoms with Crippen molar-refractivity contribution in [2.45, 2.75) is 63.7 Å². The van der Waals surface area contributed by atoms with Crippen molar-refractivity contribution in [3.05, 3.63) is 29.2 Å². The monoisotopic (exact) mass is 343 g/mol. The predicted molar refractivity (Wildman–Crippen MR) is 91.1 cm³/mol. The number of aromatic nitrogens is 4. The van der Waals surface area contributed by atoms with Gasteiger partial charge in [0.05, 0.1) is 5.69 Å². The number of nitrogens with zero attached hydrogens (tertiary/aromatic N) is 4. The molecule has 1 atom stereocenters. The lowest BCUT2D eigenvalue weighted by Crippen LogP contribution is -2.39. The minimum absolute atomic E-state index is 0.221. The highest BCUT2D eigenvalue weighted by molar-refractivity contribution is 5.76. The lowest BCUT2D eigenvalue weighted by Gasteiger charge is -2.32. The van der Waals surface area contributed by atoms with Crippen molar-refractivity contribution in [1.29, 1.82) is 0 Å². The number of amides is 1. The smallest absolute Gasteiger partial charge is 0.226 e. The summed E-state index contributed by atoms with van der Waals surface area (Å²) in [7, 11) is 0. The van der Waals surface area contributed by atoms with E-state index in [2.05, 4.69) is 26.4 Å². The van der Waals surface area contributed by atoms with E-state index in [-0.39, 0.29) is 5.91 Å². The van der Waals surface area contributed by atoms with Crippen LogP contribution in [-0.4, -0.2) is 44.2 Å². The van der Waals surface area contributed by atoms with Crippen LogP contribution in [0.4, 0.5) is 0 Å². The molecule has 2 fully saturated rings. The maximum absolute atomic E-state index is 12.5. The van der Waals surface area contributed by atoms with Gasteiger partial charge in [-0.1, -0.05) is 5.16 Å². The molecular formula is C18H25N5O2. The molecule has 1 N–H and O–H groups in total. The minimum atomic E-state index is 0.221. The second kappa shape index (κ2) is 6.98. The van der Waals surface area contributed by atoms with Gasteiger partial charge in [0.15, 0.2) is 5.82 Å². The number of hydrogen-bond acceptors (Lipinski definition) is 5. The fourth-order valence-electron chi connectivity index (χ4n) is 3.52. The van der Waals surface area contributed by atoms with Crippen molar-refractivity contribution in [3.8, 4) is 0 Å². The molecule has 0 aromatic carbocycles. The summed E-state index contributed by atoms with van der Waals surface area (Å²) < 4.78 is 5.27. The van der Waals surface area contributed by atoms with Crippen LogP contribution in [0, 0.1) is 6.92 Å². The summed E-state index contributed by atoms with van der Waals surface area (Å²) >= 11 is 0. The van der Waals surface area contributed by atoms with Gasteiger partial charge in [-0.3, -0.25) is 9.89 Å². The second-order valence-corrected chi connectivity index (χ2v) is 7.33. The third-order valence-electron chi connectivity index (χ3n) is 5.13. The number of aromatic amines is 1. The van der Waals surface area contributed by atoms with E-state index in [0.29, 0.717) is 30.6 Å². The van der Waals surface area contributed by atoms with Crippen LogP contribution in [0.15, 0.2) is 10.6 Å². The van der Waals surface area contributed by atoms with Crippen LogP contribution in [0.3, 0.4) is 0 Å². The average Bonchev–Trinajstić information content (AvgIpc) is 3.21. The first-order valence-corrected chi connectivity index (χ1v) is 9.31. The number of likely N-dealkylation sites (tertiary alicyclic amines) is 1. The molecule has 0 radical (unpaired) electrons. The van der Waals surface area contributed by atoms with E-state index in [1.54, 1.807) is 0 Å². The van der Waals surface area contributed by atoms with Gasteiger partial charge in [-0.15, -0.1) is 0 Å². The number of carbonyl (C=O) groups is 1. The predicted octanol–water partition coefficient (Wildman–Crippen LogP) is 2.71. The maximum atomic E-state index is 12.5. The van der Waals surface area contributed by atoms with Crippen LogP contribution in [0.1, 0.15) is 73.5 Å². The van der Waals surface area contributed by atoms with E-state index in [1.807, 2.05) is 11.8 Å². The van der Waals surface area contributed by atoms with Crippen LogP contribution < -0.4 is 0 Å². The van der Waals surface area contributed by atoms with Gasteiger partial charge in [0.2, 0.25) is 11.8 Å². The number of rotatable bonds is 6. The van der Waals surface area contributed by atoms with Crippen molar-refractivity contribution in [2.75, 3.05) is 13.1 Å². The molecular weight excluding hydrogens is 318 g/mol. The molecule has 4 rings (SSSR count). The molecule has 7 nitrogen and oxygen atoms in total.